The van der Waals surface area contributed by atoms with E-state index in [2.05, 4.69) is 102 Å². The van der Waals surface area contributed by atoms with Crippen LogP contribution in [-0.4, -0.2) is 31.1 Å². The summed E-state index contributed by atoms with van der Waals surface area (Å²) in [5.41, 5.74) is 4.79. The summed E-state index contributed by atoms with van der Waals surface area (Å²) in [5, 5.41) is 3.83. The third kappa shape index (κ3) is 5.51. The van der Waals surface area contributed by atoms with Crippen molar-refractivity contribution in [3.05, 3.63) is 174 Å². The van der Waals surface area contributed by atoms with Crippen LogP contribution in [0.4, 0.5) is 0 Å². The van der Waals surface area contributed by atoms with Gasteiger partial charge in [-0.3, -0.25) is 4.99 Å². The van der Waals surface area contributed by atoms with E-state index < -0.39 is 14.6 Å². The van der Waals surface area contributed by atoms with E-state index >= 15 is 0 Å². The number of hydrogen-bond acceptors (Lipinski definition) is 4. The van der Waals surface area contributed by atoms with Gasteiger partial charge in [0.2, 0.25) is 0 Å². The van der Waals surface area contributed by atoms with Crippen molar-refractivity contribution in [1.29, 1.82) is 0 Å². The number of amidine groups is 1. The van der Waals surface area contributed by atoms with Crippen LogP contribution in [0.1, 0.15) is 59.8 Å². The zero-order valence-electron chi connectivity index (χ0n) is 25.2. The van der Waals surface area contributed by atoms with Crippen molar-refractivity contribution >= 4 is 15.7 Å². The number of benzene rings is 5. The van der Waals surface area contributed by atoms with E-state index in [0.717, 1.165) is 0 Å². The molecule has 2 heterocycles. The average molecular weight is 611 g/mol. The summed E-state index contributed by atoms with van der Waals surface area (Å²) in [6, 6.07) is 51.0. The van der Waals surface area contributed by atoms with E-state index in [4.69, 9.17) is 4.99 Å². The zero-order chi connectivity index (χ0) is 30.7. The van der Waals surface area contributed by atoms with Crippen LogP contribution >= 0.6 is 0 Å². The van der Waals surface area contributed by atoms with Gasteiger partial charge in [-0.1, -0.05) is 140 Å². The van der Waals surface area contributed by atoms with Gasteiger partial charge in [-0.25, -0.2) is 8.42 Å². The van der Waals surface area contributed by atoms with Crippen LogP contribution in [0.5, 0.6) is 0 Å². The fourth-order valence-corrected chi connectivity index (χ4v) is 9.65. The fourth-order valence-electron chi connectivity index (χ4n) is 7.54. The Balaban J connectivity index is 1.36. The molecule has 2 aliphatic rings. The molecular formula is C40H38N2O2S. The van der Waals surface area contributed by atoms with Crippen LogP contribution in [0.15, 0.2) is 162 Å². The van der Waals surface area contributed by atoms with Gasteiger partial charge < -0.3 is 5.32 Å². The fraction of sp³-hybridized carbons (Fsp3) is 0.225. The molecule has 5 aromatic carbocycles. The Morgan fingerprint density at radius 1 is 0.556 bits per heavy atom. The Kier molecular flexibility index (Phi) is 8.12. The van der Waals surface area contributed by atoms with Crippen molar-refractivity contribution in [3.63, 3.8) is 0 Å². The molecular weight excluding hydrogens is 573 g/mol. The second-order valence-corrected chi connectivity index (χ2v) is 14.5. The molecule has 45 heavy (non-hydrogen) atoms. The number of fused-ring (bicyclic) bond motifs is 1. The molecule has 0 spiro atoms. The first kappa shape index (κ1) is 29.2. The lowest BCUT2D eigenvalue weighted by molar-refractivity contribution is 0.361. The molecule has 3 atom stereocenters. The van der Waals surface area contributed by atoms with E-state index in [-0.39, 0.29) is 23.9 Å². The number of aliphatic imine (C=N–C) groups is 1. The van der Waals surface area contributed by atoms with Gasteiger partial charge in [0.15, 0.2) is 9.84 Å². The van der Waals surface area contributed by atoms with E-state index in [9.17, 15) is 8.42 Å². The summed E-state index contributed by atoms with van der Waals surface area (Å²) >= 11 is 0. The Bertz CT molecular complexity index is 1770. The Morgan fingerprint density at radius 3 is 1.42 bits per heavy atom. The van der Waals surface area contributed by atoms with Gasteiger partial charge in [0.1, 0.15) is 10.6 Å². The zero-order valence-corrected chi connectivity index (χ0v) is 26.1. The van der Waals surface area contributed by atoms with E-state index in [1.54, 1.807) is 12.1 Å². The molecule has 0 bridgehead atoms. The van der Waals surface area contributed by atoms with Crippen LogP contribution in [0.3, 0.4) is 0 Å². The minimum Gasteiger partial charge on any atom is -0.369 e. The summed E-state index contributed by atoms with van der Waals surface area (Å²) in [5.74, 6) is 0.679. The summed E-state index contributed by atoms with van der Waals surface area (Å²) in [6.45, 7) is 0. The topological polar surface area (TPSA) is 58.5 Å². The maximum absolute atomic E-state index is 14.7. The van der Waals surface area contributed by atoms with Gasteiger partial charge in [0.25, 0.3) is 0 Å². The second-order valence-electron chi connectivity index (χ2n) is 12.3. The number of piperidine rings is 1. The minimum absolute atomic E-state index is 0.0125. The van der Waals surface area contributed by atoms with Crippen LogP contribution in [-0.2, 0) is 9.84 Å². The van der Waals surface area contributed by atoms with Gasteiger partial charge >= 0.3 is 0 Å². The van der Waals surface area contributed by atoms with Gasteiger partial charge in [0, 0.05) is 17.9 Å². The van der Waals surface area contributed by atoms with Crippen molar-refractivity contribution in [3.8, 4) is 0 Å². The molecule has 5 aromatic rings. The lowest BCUT2D eigenvalue weighted by Gasteiger charge is -2.47. The third-order valence-corrected chi connectivity index (χ3v) is 12.3. The van der Waals surface area contributed by atoms with Crippen molar-refractivity contribution in [2.75, 3.05) is 0 Å². The average Bonchev–Trinajstić information content (AvgIpc) is 3.11. The SMILES string of the molecule is O=S(=O)(c1ccccc1)C12CC[C@@H](C(c3ccccc3)c3ccccc3)N=C1N[C@H](C(c1ccccc1)c1ccccc1)CC2. The predicted octanol–water partition coefficient (Wildman–Crippen LogP) is 8.18. The van der Waals surface area contributed by atoms with Gasteiger partial charge in [0.05, 0.1) is 10.9 Å². The lowest BCUT2D eigenvalue weighted by atomic mass is 9.75. The lowest BCUT2D eigenvalue weighted by Crippen LogP contribution is -2.62. The van der Waals surface area contributed by atoms with Crippen LogP contribution in [0.2, 0.25) is 0 Å². The highest BCUT2D eigenvalue weighted by Gasteiger charge is 2.55. The highest BCUT2D eigenvalue weighted by atomic mass is 32.2. The number of nitrogens with zero attached hydrogens (tertiary/aromatic N) is 1. The Hall–Kier alpha value is -4.48. The highest BCUT2D eigenvalue weighted by molar-refractivity contribution is 7.93. The molecule has 5 heteroatoms. The van der Waals surface area contributed by atoms with Crippen molar-refractivity contribution in [2.24, 2.45) is 4.99 Å². The largest absolute Gasteiger partial charge is 0.369 e. The number of sulfone groups is 1. The van der Waals surface area contributed by atoms with E-state index in [1.165, 1.54) is 22.3 Å². The first-order valence-corrected chi connectivity index (χ1v) is 17.4. The van der Waals surface area contributed by atoms with E-state index in [1.807, 2.05) is 42.5 Å². The van der Waals surface area contributed by atoms with Crippen LogP contribution in [0.25, 0.3) is 0 Å². The molecule has 0 amide bonds. The first-order chi connectivity index (χ1) is 22.1. The van der Waals surface area contributed by atoms with Crippen LogP contribution in [0, 0.1) is 0 Å². The summed E-state index contributed by atoms with van der Waals surface area (Å²) in [6.07, 6.45) is 2.43. The van der Waals surface area contributed by atoms with Crippen molar-refractivity contribution in [1.82, 2.24) is 5.32 Å². The summed E-state index contributed by atoms with van der Waals surface area (Å²) < 4.78 is 28.2. The molecule has 2 aliphatic heterocycles. The Morgan fingerprint density at radius 2 is 0.956 bits per heavy atom. The van der Waals surface area contributed by atoms with Gasteiger partial charge in [-0.2, -0.15) is 0 Å². The van der Waals surface area contributed by atoms with Crippen molar-refractivity contribution in [2.45, 2.75) is 59.2 Å². The number of hydrogen-bond donors (Lipinski definition) is 1. The van der Waals surface area contributed by atoms with Crippen LogP contribution < -0.4 is 5.32 Å². The molecule has 0 aliphatic carbocycles. The molecule has 4 nitrogen and oxygen atoms in total. The molecule has 7 rings (SSSR count). The van der Waals surface area contributed by atoms with E-state index in [0.29, 0.717) is 36.4 Å². The number of rotatable bonds is 8. The predicted molar refractivity (Wildman–Crippen MR) is 182 cm³/mol. The molecule has 1 N–H and O–H groups in total. The van der Waals surface area contributed by atoms with Gasteiger partial charge in [-0.15, -0.1) is 0 Å². The Labute approximate surface area is 266 Å². The third-order valence-electron chi connectivity index (χ3n) is 9.74. The molecule has 1 saturated heterocycles. The highest BCUT2D eigenvalue weighted by Crippen LogP contribution is 2.46. The normalized spacial score (nSPS) is 21.5. The first-order valence-electron chi connectivity index (χ1n) is 15.9. The molecule has 1 unspecified atom stereocenters. The standard InChI is InChI=1S/C40H38N2O2S/c43-45(44,34-24-14-5-15-25-34)40-28-26-35(37(30-16-6-1-7-17-30)31-18-8-2-9-19-31)41-39(40)42-36(27-29-40)38(32-20-10-3-11-21-32)33-22-12-4-13-23-33/h1-25,35-38H,26-29H2,(H,41,42)/t35-,36-/m0/s1. The quantitative estimate of drug-likeness (QED) is 0.193. The minimum atomic E-state index is -3.73. The maximum atomic E-state index is 14.7. The molecule has 0 radical (unpaired) electrons. The number of nitrogens with one attached hydrogen (secondary N) is 1. The van der Waals surface area contributed by atoms with Crippen molar-refractivity contribution < 1.29 is 8.42 Å². The smallest absolute Gasteiger partial charge is 0.191 e. The second kappa shape index (κ2) is 12.5. The van der Waals surface area contributed by atoms with Gasteiger partial charge in [-0.05, 0) is 60.1 Å². The molecule has 0 aromatic heterocycles. The molecule has 226 valence electrons. The maximum Gasteiger partial charge on any atom is 0.191 e. The molecule has 1 fully saturated rings. The monoisotopic (exact) mass is 610 g/mol. The summed E-state index contributed by atoms with van der Waals surface area (Å²) in [4.78, 5) is 5.83. The molecule has 0 saturated carbocycles. The summed E-state index contributed by atoms with van der Waals surface area (Å²) in [7, 11) is -3.73.